The minimum absolute atomic E-state index is 0.0430. The molecular formula is C22H19F3N4O3. The number of aryl methyl sites for hydroxylation is 1. The highest BCUT2D eigenvalue weighted by atomic mass is 19.4. The van der Waals surface area contributed by atoms with Crippen molar-refractivity contribution in [2.45, 2.75) is 31.9 Å². The molecule has 4 rings (SSSR count). The molecule has 10 heteroatoms. The van der Waals surface area contributed by atoms with Gasteiger partial charge in [0, 0.05) is 42.7 Å². The average Bonchev–Trinajstić information content (AvgIpc) is 3.41. The van der Waals surface area contributed by atoms with Gasteiger partial charge in [0.15, 0.2) is 0 Å². The van der Waals surface area contributed by atoms with E-state index in [1.165, 1.54) is 12.1 Å². The van der Waals surface area contributed by atoms with E-state index in [9.17, 15) is 22.8 Å². The molecule has 0 saturated carbocycles. The summed E-state index contributed by atoms with van der Waals surface area (Å²) in [5.74, 6) is -0.0892. The Bertz CT molecular complexity index is 1130. The Kier molecular flexibility index (Phi) is 5.93. The number of hydrogen-bond donors (Lipinski definition) is 1. The number of hydrogen-bond acceptors (Lipinski definition) is 5. The fourth-order valence-electron chi connectivity index (χ4n) is 3.39. The molecule has 0 bridgehead atoms. The Morgan fingerprint density at radius 2 is 1.91 bits per heavy atom. The first kappa shape index (κ1) is 21.5. The normalized spacial score (nSPS) is 14.1. The van der Waals surface area contributed by atoms with Crippen LogP contribution in [0, 0.1) is 0 Å². The zero-order chi connectivity index (χ0) is 22.7. The van der Waals surface area contributed by atoms with E-state index < -0.39 is 11.7 Å². The van der Waals surface area contributed by atoms with Crippen LogP contribution in [-0.4, -0.2) is 28.6 Å². The molecule has 7 nitrogen and oxygen atoms in total. The maximum absolute atomic E-state index is 12.9. The molecule has 0 unspecified atom stereocenters. The summed E-state index contributed by atoms with van der Waals surface area (Å²) >= 11 is 0. The predicted molar refractivity (Wildman–Crippen MR) is 110 cm³/mol. The molecule has 166 valence electrons. The number of nitrogens with one attached hydrogen (secondary N) is 1. The molecule has 1 saturated heterocycles. The summed E-state index contributed by atoms with van der Waals surface area (Å²) in [6.07, 6.45) is -2.90. The van der Waals surface area contributed by atoms with Crippen LogP contribution in [0.4, 0.5) is 24.5 Å². The smallest absolute Gasteiger partial charge is 0.416 e. The van der Waals surface area contributed by atoms with Gasteiger partial charge in [-0.25, -0.2) is 0 Å². The van der Waals surface area contributed by atoms with Gasteiger partial charge >= 0.3 is 6.18 Å². The van der Waals surface area contributed by atoms with E-state index in [-0.39, 0.29) is 42.0 Å². The third-order valence-corrected chi connectivity index (χ3v) is 5.01. The molecule has 0 aliphatic carbocycles. The maximum Gasteiger partial charge on any atom is 0.416 e. The fourth-order valence-corrected chi connectivity index (χ4v) is 3.39. The van der Waals surface area contributed by atoms with E-state index in [0.717, 1.165) is 24.2 Å². The molecule has 0 radical (unpaired) electrons. The van der Waals surface area contributed by atoms with Crippen LogP contribution in [0.3, 0.4) is 0 Å². The summed E-state index contributed by atoms with van der Waals surface area (Å²) in [5.41, 5.74) is 0.716. The SMILES string of the molecule is O=C(CCc1nnc(-c2cccc(C(F)(F)F)c2)o1)Nc1ccc(N2CCCC2=O)cc1. The minimum Gasteiger partial charge on any atom is -0.421 e. The molecule has 1 aromatic heterocycles. The number of amides is 2. The van der Waals surface area contributed by atoms with E-state index in [4.69, 9.17) is 4.42 Å². The highest BCUT2D eigenvalue weighted by molar-refractivity contribution is 5.96. The second kappa shape index (κ2) is 8.81. The highest BCUT2D eigenvalue weighted by Gasteiger charge is 2.31. The van der Waals surface area contributed by atoms with Crippen LogP contribution < -0.4 is 10.2 Å². The van der Waals surface area contributed by atoms with Crippen molar-refractivity contribution in [3.8, 4) is 11.5 Å². The number of alkyl halides is 3. The summed E-state index contributed by atoms with van der Waals surface area (Å²) in [7, 11) is 0. The van der Waals surface area contributed by atoms with Gasteiger partial charge in [-0.1, -0.05) is 6.07 Å². The second-order valence-corrected chi connectivity index (χ2v) is 7.32. The molecule has 0 spiro atoms. The number of nitrogens with zero attached hydrogens (tertiary/aromatic N) is 3. The lowest BCUT2D eigenvalue weighted by Gasteiger charge is -2.16. The standard InChI is InChI=1S/C22H19F3N4O3/c23-22(24,25)15-4-1-3-14(13-15)21-28-27-19(32-21)11-10-18(30)26-16-6-8-17(9-7-16)29-12-2-5-20(29)31/h1,3-4,6-9,13H,2,5,10-12H2,(H,26,30). The zero-order valence-electron chi connectivity index (χ0n) is 16.9. The molecule has 1 N–H and O–H groups in total. The number of aromatic nitrogens is 2. The summed E-state index contributed by atoms with van der Waals surface area (Å²) < 4.78 is 44.0. The third-order valence-electron chi connectivity index (χ3n) is 5.01. The number of carbonyl (C=O) groups excluding carboxylic acids is 2. The van der Waals surface area contributed by atoms with Gasteiger partial charge in [-0.05, 0) is 48.9 Å². The number of halogens is 3. The van der Waals surface area contributed by atoms with Gasteiger partial charge in [0.2, 0.25) is 23.6 Å². The number of anilines is 2. The summed E-state index contributed by atoms with van der Waals surface area (Å²) in [5, 5.41) is 10.3. The third kappa shape index (κ3) is 4.96. The van der Waals surface area contributed by atoms with Crippen molar-refractivity contribution in [3.05, 3.63) is 60.0 Å². The number of benzene rings is 2. The lowest BCUT2D eigenvalue weighted by atomic mass is 10.1. The minimum atomic E-state index is -4.47. The van der Waals surface area contributed by atoms with Gasteiger partial charge in [0.25, 0.3) is 0 Å². The first-order chi connectivity index (χ1) is 15.3. The van der Waals surface area contributed by atoms with Crippen molar-refractivity contribution < 1.29 is 27.2 Å². The number of rotatable bonds is 6. The van der Waals surface area contributed by atoms with E-state index in [1.54, 1.807) is 29.2 Å². The maximum atomic E-state index is 12.9. The van der Waals surface area contributed by atoms with E-state index in [0.29, 0.717) is 18.7 Å². The average molecular weight is 444 g/mol. The molecule has 3 aromatic rings. The van der Waals surface area contributed by atoms with Crippen molar-refractivity contribution >= 4 is 23.2 Å². The Morgan fingerprint density at radius 3 is 2.59 bits per heavy atom. The first-order valence-corrected chi connectivity index (χ1v) is 10.00. The van der Waals surface area contributed by atoms with Crippen LogP contribution in [0.25, 0.3) is 11.5 Å². The van der Waals surface area contributed by atoms with Gasteiger partial charge in [0.1, 0.15) is 0 Å². The molecular weight excluding hydrogens is 425 g/mol. The van der Waals surface area contributed by atoms with Crippen LogP contribution in [0.2, 0.25) is 0 Å². The van der Waals surface area contributed by atoms with Gasteiger partial charge in [-0.3, -0.25) is 9.59 Å². The lowest BCUT2D eigenvalue weighted by molar-refractivity contribution is -0.137. The van der Waals surface area contributed by atoms with Crippen LogP contribution in [0.5, 0.6) is 0 Å². The Morgan fingerprint density at radius 1 is 1.12 bits per heavy atom. The largest absolute Gasteiger partial charge is 0.421 e. The van der Waals surface area contributed by atoms with E-state index >= 15 is 0 Å². The van der Waals surface area contributed by atoms with Crippen LogP contribution in [-0.2, 0) is 22.2 Å². The van der Waals surface area contributed by atoms with Gasteiger partial charge < -0.3 is 14.6 Å². The topological polar surface area (TPSA) is 88.3 Å². The molecule has 0 atom stereocenters. The van der Waals surface area contributed by atoms with Gasteiger partial charge in [0.05, 0.1) is 5.56 Å². The monoisotopic (exact) mass is 444 g/mol. The van der Waals surface area contributed by atoms with Crippen LogP contribution >= 0.6 is 0 Å². The lowest BCUT2D eigenvalue weighted by Crippen LogP contribution is -2.23. The Hall–Kier alpha value is -3.69. The molecule has 1 fully saturated rings. The summed E-state index contributed by atoms with van der Waals surface area (Å²) in [6, 6.07) is 11.6. The molecule has 2 heterocycles. The fraction of sp³-hybridized carbons (Fsp3) is 0.273. The highest BCUT2D eigenvalue weighted by Crippen LogP contribution is 2.32. The van der Waals surface area contributed by atoms with Crippen molar-refractivity contribution in [2.24, 2.45) is 0 Å². The van der Waals surface area contributed by atoms with Crippen LogP contribution in [0.1, 0.15) is 30.7 Å². The molecule has 1 aliphatic rings. The predicted octanol–water partition coefficient (Wildman–Crippen LogP) is 4.45. The van der Waals surface area contributed by atoms with E-state index in [2.05, 4.69) is 15.5 Å². The first-order valence-electron chi connectivity index (χ1n) is 10.00. The summed E-state index contributed by atoms with van der Waals surface area (Å²) in [6.45, 7) is 0.692. The van der Waals surface area contributed by atoms with Gasteiger partial charge in [-0.15, -0.1) is 10.2 Å². The number of carbonyl (C=O) groups is 2. The quantitative estimate of drug-likeness (QED) is 0.607. The zero-order valence-corrected chi connectivity index (χ0v) is 16.9. The Balaban J connectivity index is 1.32. The summed E-state index contributed by atoms with van der Waals surface area (Å²) in [4.78, 5) is 25.7. The van der Waals surface area contributed by atoms with Crippen molar-refractivity contribution in [3.63, 3.8) is 0 Å². The van der Waals surface area contributed by atoms with Gasteiger partial charge in [-0.2, -0.15) is 13.2 Å². The Labute approximate surface area is 181 Å². The van der Waals surface area contributed by atoms with Crippen molar-refractivity contribution in [1.29, 1.82) is 0 Å². The van der Waals surface area contributed by atoms with Crippen molar-refractivity contribution in [1.82, 2.24) is 10.2 Å². The molecule has 1 aliphatic heterocycles. The molecule has 2 amide bonds. The second-order valence-electron chi connectivity index (χ2n) is 7.32. The molecule has 32 heavy (non-hydrogen) atoms. The van der Waals surface area contributed by atoms with Crippen LogP contribution in [0.15, 0.2) is 52.9 Å². The van der Waals surface area contributed by atoms with Crippen molar-refractivity contribution in [2.75, 3.05) is 16.8 Å². The molecule has 2 aromatic carbocycles. The van der Waals surface area contributed by atoms with E-state index in [1.807, 2.05) is 0 Å².